The van der Waals surface area contributed by atoms with Crippen LogP contribution in [0.5, 0.6) is 0 Å². The molecule has 0 heterocycles. The third kappa shape index (κ3) is 7.18. The normalized spacial score (nSPS) is 15.9. The molecule has 1 amide bonds. The van der Waals surface area contributed by atoms with Crippen molar-refractivity contribution in [1.82, 2.24) is 5.32 Å². The molecule has 0 spiro atoms. The van der Waals surface area contributed by atoms with Gasteiger partial charge in [0, 0.05) is 10.5 Å². The van der Waals surface area contributed by atoms with Crippen molar-refractivity contribution in [3.05, 3.63) is 60.7 Å². The van der Waals surface area contributed by atoms with Gasteiger partial charge in [0.1, 0.15) is 5.60 Å². The molecule has 186 valence electrons. The summed E-state index contributed by atoms with van der Waals surface area (Å²) < 4.78 is 36.4. The second-order valence-corrected chi connectivity index (χ2v) is 14.7. The molecule has 0 saturated carbocycles. The number of carboxylic acids is 1. The van der Waals surface area contributed by atoms with Gasteiger partial charge in [-0.3, -0.25) is 4.79 Å². The first-order chi connectivity index (χ1) is 17.0. The number of rotatable bonds is 9. The van der Waals surface area contributed by atoms with Gasteiger partial charge in [-0.2, -0.15) is 0 Å². The number of hydrogen-bond donors (Lipinski definition) is 2. The Kier molecular flexibility index (Phi) is 7.61. The predicted octanol–water partition coefficient (Wildman–Crippen LogP) is 4.57. The maximum atomic E-state index is 12.7. The average molecular weight is 489 g/mol. The number of carbonyl (C=O) groups excluding carboxylic acids is 1. The number of carboxylic acid groups (broad SMARTS) is 1. The lowest BCUT2D eigenvalue weighted by Gasteiger charge is -2.44. The monoisotopic (exact) mass is 488 g/mol. The number of benzene rings is 2. The van der Waals surface area contributed by atoms with Gasteiger partial charge in [0.25, 0.3) is 8.32 Å². The van der Waals surface area contributed by atoms with E-state index in [4.69, 9.17) is 13.3 Å². The van der Waals surface area contributed by atoms with E-state index < -0.39 is 56.3 Å². The highest BCUT2D eigenvalue weighted by Crippen LogP contribution is 2.37. The number of ether oxygens (including phenoxy) is 1. The zero-order valence-corrected chi connectivity index (χ0v) is 21.9. The smallest absolute Gasteiger partial charge is 0.407 e. The summed E-state index contributed by atoms with van der Waals surface area (Å²) in [6, 6.07) is 18.4. The van der Waals surface area contributed by atoms with Crippen LogP contribution < -0.4 is 15.7 Å². The van der Waals surface area contributed by atoms with Crippen molar-refractivity contribution >= 4 is 30.8 Å². The molecule has 34 heavy (non-hydrogen) atoms. The maximum absolute atomic E-state index is 12.7. The molecule has 2 rings (SSSR count). The van der Waals surface area contributed by atoms with Gasteiger partial charge in [-0.15, -0.1) is 0 Å². The highest BCUT2D eigenvalue weighted by Gasteiger charge is 2.50. The summed E-state index contributed by atoms with van der Waals surface area (Å²) in [7, 11) is -3.08. The Morgan fingerprint density at radius 3 is 1.85 bits per heavy atom. The zero-order valence-electron chi connectivity index (χ0n) is 23.9. The Balaban J connectivity index is 2.61. The third-order valence-corrected chi connectivity index (χ3v) is 10.5. The van der Waals surface area contributed by atoms with Crippen LogP contribution in [0.1, 0.15) is 58.9 Å². The van der Waals surface area contributed by atoms with Crippen LogP contribution in [0, 0.1) is 5.92 Å². The summed E-state index contributed by atoms with van der Waals surface area (Å²) in [5.74, 6) is -2.67. The first-order valence-corrected chi connectivity index (χ1v) is 13.3. The van der Waals surface area contributed by atoms with Crippen LogP contribution in [-0.2, 0) is 14.0 Å². The van der Waals surface area contributed by atoms with Crippen molar-refractivity contribution in [2.45, 2.75) is 71.5 Å². The SMILES string of the molecule is [2H]C([2H])([2H])[C@@H](CC(=O)O)[C@@H](CO[Si](c1ccccc1)(c1ccccc1)C(C)(C)C)NC(=O)OC(C)(C)C. The average Bonchev–Trinajstić information content (AvgIpc) is 2.75. The fourth-order valence-electron chi connectivity index (χ4n) is 4.02. The highest BCUT2D eigenvalue weighted by atomic mass is 28.4. The number of alkyl carbamates (subject to hydrolysis) is 1. The van der Waals surface area contributed by atoms with Crippen molar-refractivity contribution in [3.8, 4) is 0 Å². The van der Waals surface area contributed by atoms with Gasteiger partial charge >= 0.3 is 12.1 Å². The molecule has 0 fully saturated rings. The fourth-order valence-corrected chi connectivity index (χ4v) is 8.61. The molecule has 2 atom stereocenters. The molecule has 0 saturated heterocycles. The van der Waals surface area contributed by atoms with Crippen molar-refractivity contribution in [2.24, 2.45) is 5.92 Å². The molecule has 7 heteroatoms. The van der Waals surface area contributed by atoms with Crippen LogP contribution in [-0.4, -0.2) is 43.7 Å². The first-order valence-electron chi connectivity index (χ1n) is 12.9. The molecule has 0 radical (unpaired) electrons. The second-order valence-electron chi connectivity index (χ2n) is 10.4. The van der Waals surface area contributed by atoms with Gasteiger partial charge in [-0.05, 0) is 42.1 Å². The van der Waals surface area contributed by atoms with E-state index in [0.717, 1.165) is 10.4 Å². The number of aliphatic carboxylic acids is 1. The molecule has 0 bridgehead atoms. The lowest BCUT2D eigenvalue weighted by Crippen LogP contribution is -2.67. The highest BCUT2D eigenvalue weighted by molar-refractivity contribution is 6.99. The minimum absolute atomic E-state index is 0.205. The van der Waals surface area contributed by atoms with Crippen LogP contribution >= 0.6 is 0 Å². The number of amides is 1. The van der Waals surface area contributed by atoms with Crippen LogP contribution in [0.15, 0.2) is 60.7 Å². The van der Waals surface area contributed by atoms with Gasteiger partial charge in [0.15, 0.2) is 0 Å². The lowest BCUT2D eigenvalue weighted by atomic mass is 9.99. The van der Waals surface area contributed by atoms with Gasteiger partial charge in [0.2, 0.25) is 0 Å². The Morgan fingerprint density at radius 1 is 0.971 bits per heavy atom. The summed E-state index contributed by atoms with van der Waals surface area (Å²) >= 11 is 0. The van der Waals surface area contributed by atoms with Crippen molar-refractivity contribution in [2.75, 3.05) is 6.61 Å². The van der Waals surface area contributed by atoms with E-state index in [1.807, 2.05) is 60.7 Å². The summed E-state index contributed by atoms with van der Waals surface area (Å²) in [6.07, 6.45) is -1.50. The van der Waals surface area contributed by atoms with Crippen molar-refractivity contribution in [1.29, 1.82) is 0 Å². The molecule has 0 aliphatic heterocycles. The van der Waals surface area contributed by atoms with Crippen LogP contribution in [0.25, 0.3) is 0 Å². The molecule has 0 unspecified atom stereocenters. The van der Waals surface area contributed by atoms with Crippen molar-refractivity contribution in [3.63, 3.8) is 0 Å². The van der Waals surface area contributed by atoms with Crippen LogP contribution in [0.2, 0.25) is 5.04 Å². The largest absolute Gasteiger partial charge is 0.481 e. The predicted molar refractivity (Wildman–Crippen MR) is 138 cm³/mol. The van der Waals surface area contributed by atoms with E-state index >= 15 is 0 Å². The Hall–Kier alpha value is -2.64. The molecular formula is C27H39NO5Si. The standard InChI is InChI=1S/C27H39NO5Si/c1-20(18-24(29)30)23(28-25(31)33-26(2,3)4)19-32-34(27(5,6)7,21-14-10-8-11-15-21)22-16-12-9-13-17-22/h8-17,20,23H,18-19H2,1-7H3,(H,28,31)(H,29,30)/t20-,23+/m0/s1/i1D3. The van der Waals surface area contributed by atoms with Gasteiger partial charge < -0.3 is 19.6 Å². The molecule has 0 aliphatic carbocycles. The lowest BCUT2D eigenvalue weighted by molar-refractivity contribution is -0.138. The van der Waals surface area contributed by atoms with E-state index in [9.17, 15) is 14.7 Å². The summed E-state index contributed by atoms with van der Waals surface area (Å²) in [4.78, 5) is 24.4. The summed E-state index contributed by atoms with van der Waals surface area (Å²) in [6.45, 7) is 8.45. The molecule has 2 aromatic carbocycles. The summed E-state index contributed by atoms with van der Waals surface area (Å²) in [5.41, 5.74) is -0.824. The molecular weight excluding hydrogens is 446 g/mol. The number of carbonyl (C=O) groups is 2. The quantitative estimate of drug-likeness (QED) is 0.505. The number of hydrogen-bond acceptors (Lipinski definition) is 4. The van der Waals surface area contributed by atoms with Crippen molar-refractivity contribution < 1.29 is 28.0 Å². The first kappa shape index (κ1) is 23.1. The Labute approximate surface area is 209 Å². The van der Waals surface area contributed by atoms with Gasteiger partial charge in [-0.25, -0.2) is 4.79 Å². The maximum Gasteiger partial charge on any atom is 0.407 e. The van der Waals surface area contributed by atoms with E-state index in [0.29, 0.717) is 0 Å². The second kappa shape index (κ2) is 11.2. The Morgan fingerprint density at radius 2 is 1.47 bits per heavy atom. The zero-order chi connectivity index (χ0) is 28.1. The Bertz CT molecular complexity index is 994. The minimum Gasteiger partial charge on any atom is -0.481 e. The van der Waals surface area contributed by atoms with Gasteiger partial charge in [-0.1, -0.05) is 88.3 Å². The van der Waals surface area contributed by atoms with E-state index in [1.165, 1.54) is 0 Å². The molecule has 0 aliphatic rings. The number of nitrogens with one attached hydrogen (secondary N) is 1. The van der Waals surface area contributed by atoms with E-state index in [-0.39, 0.29) is 6.61 Å². The van der Waals surface area contributed by atoms with Gasteiger partial charge in [0.05, 0.1) is 12.6 Å². The molecule has 0 aromatic heterocycles. The topological polar surface area (TPSA) is 84.9 Å². The van der Waals surface area contributed by atoms with Crippen LogP contribution in [0.4, 0.5) is 4.79 Å². The van der Waals surface area contributed by atoms with E-state index in [2.05, 4.69) is 26.1 Å². The van der Waals surface area contributed by atoms with E-state index in [1.54, 1.807) is 20.8 Å². The third-order valence-electron chi connectivity index (χ3n) is 5.48. The molecule has 6 nitrogen and oxygen atoms in total. The molecule has 2 aromatic rings. The fraction of sp³-hybridized carbons (Fsp3) is 0.481. The minimum atomic E-state index is -3.08. The molecule has 2 N–H and O–H groups in total. The van der Waals surface area contributed by atoms with Crippen LogP contribution in [0.3, 0.4) is 0 Å². The summed E-state index contributed by atoms with van der Waals surface area (Å²) in [5, 5.41) is 13.7.